The van der Waals surface area contributed by atoms with Gasteiger partial charge in [-0.3, -0.25) is 9.89 Å². The van der Waals surface area contributed by atoms with Gasteiger partial charge in [0, 0.05) is 16.9 Å². The van der Waals surface area contributed by atoms with Crippen molar-refractivity contribution in [3.8, 4) is 11.3 Å². The number of fused-ring (bicyclic) bond motifs is 1. The second-order valence-corrected chi connectivity index (χ2v) is 6.13. The summed E-state index contributed by atoms with van der Waals surface area (Å²) in [4.78, 5) is 12.4. The summed E-state index contributed by atoms with van der Waals surface area (Å²) in [6.07, 6.45) is 7.13. The number of anilines is 1. The Kier molecular flexibility index (Phi) is 3.61. The molecule has 0 saturated heterocycles. The highest BCUT2D eigenvalue weighted by atomic mass is 16.3. The van der Waals surface area contributed by atoms with Crippen LogP contribution in [-0.2, 0) is 4.79 Å². The molecule has 2 heterocycles. The van der Waals surface area contributed by atoms with E-state index in [1.165, 1.54) is 6.42 Å². The first-order valence-corrected chi connectivity index (χ1v) is 8.14. The topological polar surface area (TPSA) is 70.9 Å². The number of hydrogen-bond acceptors (Lipinski definition) is 3. The Bertz CT molecular complexity index is 814. The number of benzene rings is 1. The van der Waals surface area contributed by atoms with Crippen molar-refractivity contribution in [3.63, 3.8) is 0 Å². The van der Waals surface area contributed by atoms with Gasteiger partial charge in [0.05, 0.1) is 11.8 Å². The average Bonchev–Trinajstić information content (AvgIpc) is 3.25. The van der Waals surface area contributed by atoms with Crippen molar-refractivity contribution in [1.29, 1.82) is 0 Å². The van der Waals surface area contributed by atoms with Gasteiger partial charge in [0.15, 0.2) is 5.82 Å². The summed E-state index contributed by atoms with van der Waals surface area (Å²) < 4.78 is 5.44. The monoisotopic (exact) mass is 309 g/mol. The minimum Gasteiger partial charge on any atom is -0.464 e. The Morgan fingerprint density at radius 2 is 2.09 bits per heavy atom. The normalized spacial score (nSPS) is 15.8. The third-order valence-corrected chi connectivity index (χ3v) is 4.59. The maximum atomic E-state index is 12.4. The zero-order valence-electron chi connectivity index (χ0n) is 12.8. The lowest BCUT2D eigenvalue weighted by Crippen LogP contribution is -2.24. The summed E-state index contributed by atoms with van der Waals surface area (Å²) >= 11 is 0. The van der Waals surface area contributed by atoms with Gasteiger partial charge >= 0.3 is 0 Å². The standard InChI is InChI=1S/C18H19N3O2/c22-18(12-5-2-1-3-6-12)19-17-14-11-13(16-7-4-10-23-16)8-9-15(14)20-21-17/h4,7-12H,1-3,5-6H2,(H2,19,20,21,22). The van der Waals surface area contributed by atoms with Crippen LogP contribution in [0.1, 0.15) is 32.1 Å². The van der Waals surface area contributed by atoms with E-state index >= 15 is 0 Å². The van der Waals surface area contributed by atoms with E-state index in [4.69, 9.17) is 4.42 Å². The van der Waals surface area contributed by atoms with Crippen molar-refractivity contribution in [2.75, 3.05) is 5.32 Å². The van der Waals surface area contributed by atoms with Gasteiger partial charge < -0.3 is 9.73 Å². The lowest BCUT2D eigenvalue weighted by Gasteiger charge is -2.20. The number of aromatic nitrogens is 2. The van der Waals surface area contributed by atoms with Crippen LogP contribution in [0.4, 0.5) is 5.82 Å². The molecule has 4 rings (SSSR count). The summed E-state index contributed by atoms with van der Waals surface area (Å²) in [5, 5.41) is 11.1. The summed E-state index contributed by atoms with van der Waals surface area (Å²) in [7, 11) is 0. The Labute approximate surface area is 134 Å². The third kappa shape index (κ3) is 2.74. The first kappa shape index (κ1) is 14.1. The number of carbonyl (C=O) groups excluding carboxylic acids is 1. The van der Waals surface area contributed by atoms with Crippen LogP contribution in [0.15, 0.2) is 41.0 Å². The number of nitrogens with one attached hydrogen (secondary N) is 2. The molecule has 23 heavy (non-hydrogen) atoms. The number of rotatable bonds is 3. The summed E-state index contributed by atoms with van der Waals surface area (Å²) in [6.45, 7) is 0. The van der Waals surface area contributed by atoms with Crippen LogP contribution in [-0.4, -0.2) is 16.1 Å². The third-order valence-electron chi connectivity index (χ3n) is 4.59. The SMILES string of the molecule is O=C(Nc1n[nH]c2ccc(-c3ccco3)cc12)C1CCCCC1. The molecule has 118 valence electrons. The predicted molar refractivity (Wildman–Crippen MR) is 89.0 cm³/mol. The van der Waals surface area contributed by atoms with Crippen molar-refractivity contribution in [2.45, 2.75) is 32.1 Å². The van der Waals surface area contributed by atoms with Crippen LogP contribution in [0.5, 0.6) is 0 Å². The molecule has 1 aromatic carbocycles. The number of hydrogen-bond donors (Lipinski definition) is 2. The summed E-state index contributed by atoms with van der Waals surface area (Å²) in [6, 6.07) is 9.71. The molecule has 0 radical (unpaired) electrons. The minimum atomic E-state index is 0.0847. The zero-order chi connectivity index (χ0) is 15.6. The van der Waals surface area contributed by atoms with Gasteiger partial charge in [-0.2, -0.15) is 5.10 Å². The lowest BCUT2D eigenvalue weighted by molar-refractivity contribution is -0.120. The fraction of sp³-hybridized carbons (Fsp3) is 0.333. The molecular formula is C18H19N3O2. The summed E-state index contributed by atoms with van der Waals surface area (Å²) in [5.41, 5.74) is 1.87. The molecule has 1 saturated carbocycles. The van der Waals surface area contributed by atoms with Crippen molar-refractivity contribution in [1.82, 2.24) is 10.2 Å². The van der Waals surface area contributed by atoms with E-state index < -0.39 is 0 Å². The minimum absolute atomic E-state index is 0.0847. The number of nitrogens with zero attached hydrogens (tertiary/aromatic N) is 1. The number of aromatic amines is 1. The molecule has 1 aliphatic rings. The molecule has 3 aromatic rings. The highest BCUT2D eigenvalue weighted by molar-refractivity contribution is 6.01. The Balaban J connectivity index is 1.62. The molecular weight excluding hydrogens is 290 g/mol. The van der Waals surface area contributed by atoms with E-state index in [9.17, 15) is 4.79 Å². The molecule has 5 heteroatoms. The molecule has 2 N–H and O–H groups in total. The zero-order valence-corrected chi connectivity index (χ0v) is 12.8. The number of furan rings is 1. The molecule has 0 atom stereocenters. The number of H-pyrrole nitrogens is 1. The van der Waals surface area contributed by atoms with E-state index in [1.807, 2.05) is 30.3 Å². The van der Waals surface area contributed by atoms with E-state index in [1.54, 1.807) is 6.26 Å². The van der Waals surface area contributed by atoms with Gasteiger partial charge in [0.25, 0.3) is 0 Å². The second kappa shape index (κ2) is 5.91. The Morgan fingerprint density at radius 3 is 2.87 bits per heavy atom. The molecule has 1 amide bonds. The summed E-state index contributed by atoms with van der Waals surface area (Å²) in [5.74, 6) is 1.60. The fourth-order valence-corrected chi connectivity index (χ4v) is 3.29. The molecule has 0 spiro atoms. The molecule has 0 bridgehead atoms. The average molecular weight is 309 g/mol. The van der Waals surface area contributed by atoms with E-state index in [-0.39, 0.29) is 11.8 Å². The van der Waals surface area contributed by atoms with Gasteiger partial charge in [-0.15, -0.1) is 0 Å². The van der Waals surface area contributed by atoms with E-state index in [2.05, 4.69) is 15.5 Å². The van der Waals surface area contributed by atoms with Crippen LogP contribution in [0.25, 0.3) is 22.2 Å². The molecule has 0 aliphatic heterocycles. The first-order valence-electron chi connectivity index (χ1n) is 8.14. The fourth-order valence-electron chi connectivity index (χ4n) is 3.29. The van der Waals surface area contributed by atoms with Crippen molar-refractivity contribution < 1.29 is 9.21 Å². The van der Waals surface area contributed by atoms with Gasteiger partial charge in [-0.05, 0) is 43.2 Å². The van der Waals surface area contributed by atoms with Crippen molar-refractivity contribution in [3.05, 3.63) is 36.6 Å². The Morgan fingerprint density at radius 1 is 1.22 bits per heavy atom. The Hall–Kier alpha value is -2.56. The maximum absolute atomic E-state index is 12.4. The van der Waals surface area contributed by atoms with Gasteiger partial charge in [-0.25, -0.2) is 0 Å². The van der Waals surface area contributed by atoms with Crippen LogP contribution in [0, 0.1) is 5.92 Å². The lowest BCUT2D eigenvalue weighted by atomic mass is 9.89. The maximum Gasteiger partial charge on any atom is 0.228 e. The van der Waals surface area contributed by atoms with E-state index in [0.29, 0.717) is 5.82 Å². The van der Waals surface area contributed by atoms with Crippen LogP contribution in [0.3, 0.4) is 0 Å². The van der Waals surface area contributed by atoms with Crippen molar-refractivity contribution in [2.24, 2.45) is 5.92 Å². The molecule has 0 unspecified atom stereocenters. The first-order chi connectivity index (χ1) is 11.3. The van der Waals surface area contributed by atoms with Crippen LogP contribution >= 0.6 is 0 Å². The van der Waals surface area contributed by atoms with Gasteiger partial charge in [0.2, 0.25) is 5.91 Å². The number of carbonyl (C=O) groups is 1. The van der Waals surface area contributed by atoms with Gasteiger partial charge in [-0.1, -0.05) is 19.3 Å². The smallest absolute Gasteiger partial charge is 0.228 e. The van der Waals surface area contributed by atoms with E-state index in [0.717, 1.165) is 47.9 Å². The van der Waals surface area contributed by atoms with Crippen LogP contribution < -0.4 is 5.32 Å². The molecule has 1 fully saturated rings. The predicted octanol–water partition coefficient (Wildman–Crippen LogP) is 4.34. The molecule has 5 nitrogen and oxygen atoms in total. The van der Waals surface area contributed by atoms with Crippen LogP contribution in [0.2, 0.25) is 0 Å². The second-order valence-electron chi connectivity index (χ2n) is 6.13. The number of amides is 1. The quantitative estimate of drug-likeness (QED) is 0.756. The van der Waals surface area contributed by atoms with Crippen molar-refractivity contribution >= 4 is 22.6 Å². The highest BCUT2D eigenvalue weighted by Gasteiger charge is 2.22. The molecule has 2 aromatic heterocycles. The largest absolute Gasteiger partial charge is 0.464 e. The highest BCUT2D eigenvalue weighted by Crippen LogP contribution is 2.29. The van der Waals surface area contributed by atoms with Gasteiger partial charge in [0.1, 0.15) is 5.76 Å². The molecule has 1 aliphatic carbocycles.